The highest BCUT2D eigenvalue weighted by molar-refractivity contribution is 5.69. The van der Waals surface area contributed by atoms with Gasteiger partial charge in [-0.15, -0.1) is 0 Å². The smallest absolute Gasteiger partial charge is 0.410 e. The van der Waals surface area contributed by atoms with Gasteiger partial charge >= 0.3 is 12.0 Å². The largest absolute Gasteiger partial charge is 0.463 e. The molecule has 0 spiro atoms. The van der Waals surface area contributed by atoms with Crippen molar-refractivity contribution in [1.29, 1.82) is 0 Å². The molecule has 2 heterocycles. The van der Waals surface area contributed by atoms with Crippen LogP contribution in [0.3, 0.4) is 0 Å². The van der Waals surface area contributed by atoms with Crippen molar-refractivity contribution in [2.45, 2.75) is 12.0 Å². The molecule has 1 saturated heterocycles. The van der Waals surface area contributed by atoms with E-state index in [0.29, 0.717) is 0 Å². The van der Waals surface area contributed by atoms with Gasteiger partial charge in [0.05, 0.1) is 12.8 Å². The van der Waals surface area contributed by atoms with Gasteiger partial charge in [-0.05, 0) is 12.1 Å². The molecule has 6 heteroatoms. The van der Waals surface area contributed by atoms with E-state index in [2.05, 4.69) is 9.15 Å². The van der Waals surface area contributed by atoms with Crippen LogP contribution in [0.4, 0.5) is 13.6 Å². The Morgan fingerprint density at radius 3 is 2.80 bits per heavy atom. The Bertz CT molecular complexity index is 363. The molecule has 0 aliphatic carbocycles. The van der Waals surface area contributed by atoms with Gasteiger partial charge < -0.3 is 14.1 Å². The fourth-order valence-corrected chi connectivity index (χ4v) is 1.39. The van der Waals surface area contributed by atoms with Gasteiger partial charge in [0.15, 0.2) is 11.9 Å². The third-order valence-electron chi connectivity index (χ3n) is 2.25. The highest BCUT2D eigenvalue weighted by atomic mass is 19.3. The first-order chi connectivity index (χ1) is 7.01. The number of hydrogen-bond donors (Lipinski definition) is 0. The molecule has 1 aromatic heterocycles. The predicted octanol–water partition coefficient (Wildman–Crippen LogP) is 1.82. The Labute approximate surface area is 84.4 Å². The molecule has 0 aromatic carbocycles. The third kappa shape index (κ3) is 1.55. The Morgan fingerprint density at radius 1 is 1.60 bits per heavy atom. The zero-order valence-corrected chi connectivity index (χ0v) is 7.94. The number of ether oxygens (including phenoxy) is 1. The lowest BCUT2D eigenvalue weighted by Crippen LogP contribution is -2.33. The molecule has 0 saturated carbocycles. The number of cyclic esters (lactones) is 1. The van der Waals surface area contributed by atoms with Crippen LogP contribution in [-0.4, -0.2) is 30.7 Å². The number of likely N-dealkylation sites (N-methyl/N-ethyl adjacent to an activating group) is 1. The summed E-state index contributed by atoms with van der Waals surface area (Å²) in [5.41, 5.74) is 0. The van der Waals surface area contributed by atoms with Gasteiger partial charge in [-0.3, -0.25) is 0 Å². The van der Waals surface area contributed by atoms with E-state index < -0.39 is 23.9 Å². The Kier molecular flexibility index (Phi) is 2.13. The summed E-state index contributed by atoms with van der Waals surface area (Å²) in [5, 5.41) is 0. The first-order valence-corrected chi connectivity index (χ1v) is 4.35. The highest BCUT2D eigenvalue weighted by Gasteiger charge is 2.51. The van der Waals surface area contributed by atoms with E-state index >= 15 is 0 Å². The van der Waals surface area contributed by atoms with Crippen molar-refractivity contribution in [3.63, 3.8) is 0 Å². The van der Waals surface area contributed by atoms with Gasteiger partial charge in [0, 0.05) is 7.05 Å². The van der Waals surface area contributed by atoms with E-state index in [1.54, 1.807) is 0 Å². The lowest BCUT2D eigenvalue weighted by Gasteiger charge is -2.18. The molecule has 1 amide bonds. The second-order valence-corrected chi connectivity index (χ2v) is 3.35. The van der Waals surface area contributed by atoms with E-state index in [-0.39, 0.29) is 6.54 Å². The molecule has 2 rings (SSSR count). The molecule has 1 atom stereocenters. The second-order valence-electron chi connectivity index (χ2n) is 3.35. The first-order valence-electron chi connectivity index (χ1n) is 4.35. The van der Waals surface area contributed by atoms with E-state index in [1.807, 2.05) is 0 Å². The monoisotopic (exact) mass is 217 g/mol. The minimum atomic E-state index is -3.29. The minimum Gasteiger partial charge on any atom is -0.463 e. The maximum Gasteiger partial charge on any atom is 0.410 e. The topological polar surface area (TPSA) is 42.7 Å². The summed E-state index contributed by atoms with van der Waals surface area (Å²) < 4.78 is 36.4. The molecule has 15 heavy (non-hydrogen) atoms. The number of amides is 1. The number of halogens is 2. The lowest BCUT2D eigenvalue weighted by atomic mass is 10.1. The maximum absolute atomic E-state index is 13.6. The van der Waals surface area contributed by atoms with Gasteiger partial charge in [0.2, 0.25) is 0 Å². The highest BCUT2D eigenvalue weighted by Crippen LogP contribution is 2.36. The van der Waals surface area contributed by atoms with Crippen molar-refractivity contribution in [3.8, 4) is 0 Å². The van der Waals surface area contributed by atoms with E-state index in [0.717, 1.165) is 17.2 Å². The van der Waals surface area contributed by atoms with Crippen molar-refractivity contribution in [3.05, 3.63) is 24.2 Å². The fourth-order valence-electron chi connectivity index (χ4n) is 1.39. The van der Waals surface area contributed by atoms with E-state index in [1.165, 1.54) is 13.1 Å². The normalized spacial score (nSPS) is 21.9. The summed E-state index contributed by atoms with van der Waals surface area (Å²) in [6.45, 7) is -0.146. The molecule has 0 radical (unpaired) electrons. The standard InChI is InChI=1S/C9H9F2NO3/c1-12-5-7(15-8(12)13)9(10,11)6-3-2-4-14-6/h2-4,7H,5H2,1H3. The van der Waals surface area contributed by atoms with Crippen LogP contribution in [0.2, 0.25) is 0 Å². The van der Waals surface area contributed by atoms with Crippen LogP contribution >= 0.6 is 0 Å². The molecule has 82 valence electrons. The van der Waals surface area contributed by atoms with Gasteiger partial charge in [0.25, 0.3) is 0 Å². The number of carbonyl (C=O) groups excluding carboxylic acids is 1. The van der Waals surface area contributed by atoms with Crippen molar-refractivity contribution in [2.24, 2.45) is 0 Å². The summed E-state index contributed by atoms with van der Waals surface area (Å²) in [7, 11) is 1.40. The quantitative estimate of drug-likeness (QED) is 0.758. The molecule has 1 fully saturated rings. The third-order valence-corrected chi connectivity index (χ3v) is 2.25. The average Bonchev–Trinajstić information content (AvgIpc) is 2.77. The average molecular weight is 217 g/mol. The van der Waals surface area contributed by atoms with Gasteiger partial charge in [-0.2, -0.15) is 8.78 Å². The number of furan rings is 1. The Hall–Kier alpha value is -1.59. The van der Waals surface area contributed by atoms with Crippen LogP contribution in [0.15, 0.2) is 22.8 Å². The number of alkyl halides is 2. The predicted molar refractivity (Wildman–Crippen MR) is 45.5 cm³/mol. The van der Waals surface area contributed by atoms with Crippen LogP contribution in [0.25, 0.3) is 0 Å². The summed E-state index contributed by atoms with van der Waals surface area (Å²) in [5.74, 6) is -3.78. The minimum absolute atomic E-state index is 0.146. The summed E-state index contributed by atoms with van der Waals surface area (Å²) in [4.78, 5) is 12.0. The molecule has 1 aliphatic heterocycles. The molecular formula is C9H9F2NO3. The Balaban J connectivity index is 2.21. The number of carbonyl (C=O) groups is 1. The van der Waals surface area contributed by atoms with Gasteiger partial charge in [0.1, 0.15) is 0 Å². The van der Waals surface area contributed by atoms with Crippen LogP contribution < -0.4 is 0 Å². The first kappa shape index (κ1) is 9.95. The molecule has 1 aliphatic rings. The van der Waals surface area contributed by atoms with Crippen molar-refractivity contribution in [2.75, 3.05) is 13.6 Å². The van der Waals surface area contributed by atoms with Crippen LogP contribution in [0.1, 0.15) is 5.76 Å². The summed E-state index contributed by atoms with van der Waals surface area (Å²) >= 11 is 0. The fraction of sp³-hybridized carbons (Fsp3) is 0.444. The second kappa shape index (κ2) is 3.22. The molecule has 0 N–H and O–H groups in total. The lowest BCUT2D eigenvalue weighted by molar-refractivity contribution is -0.114. The van der Waals surface area contributed by atoms with Crippen LogP contribution in [-0.2, 0) is 10.7 Å². The molecular weight excluding hydrogens is 208 g/mol. The van der Waals surface area contributed by atoms with Crippen molar-refractivity contribution in [1.82, 2.24) is 4.90 Å². The molecule has 1 unspecified atom stereocenters. The van der Waals surface area contributed by atoms with Crippen LogP contribution in [0, 0.1) is 0 Å². The maximum atomic E-state index is 13.6. The zero-order valence-electron chi connectivity index (χ0n) is 7.94. The molecule has 0 bridgehead atoms. The van der Waals surface area contributed by atoms with Crippen molar-refractivity contribution < 1.29 is 22.7 Å². The van der Waals surface area contributed by atoms with Crippen molar-refractivity contribution >= 4 is 6.09 Å². The Morgan fingerprint density at radius 2 is 2.33 bits per heavy atom. The summed E-state index contributed by atoms with van der Waals surface area (Å²) in [6, 6.07) is 2.52. The van der Waals surface area contributed by atoms with Crippen LogP contribution in [0.5, 0.6) is 0 Å². The molecule has 4 nitrogen and oxygen atoms in total. The molecule has 1 aromatic rings. The number of nitrogens with zero attached hydrogens (tertiary/aromatic N) is 1. The zero-order chi connectivity index (χ0) is 11.1. The number of rotatable bonds is 2. The van der Waals surface area contributed by atoms with Gasteiger partial charge in [-0.25, -0.2) is 4.79 Å². The SMILES string of the molecule is CN1CC(C(F)(F)c2ccco2)OC1=O. The van der Waals surface area contributed by atoms with E-state index in [4.69, 9.17) is 0 Å². The van der Waals surface area contributed by atoms with E-state index in [9.17, 15) is 13.6 Å². The van der Waals surface area contributed by atoms with Gasteiger partial charge in [-0.1, -0.05) is 0 Å². The summed E-state index contributed by atoms with van der Waals surface area (Å²) in [6.07, 6.45) is -1.07. The number of hydrogen-bond acceptors (Lipinski definition) is 3.